The molecule has 20 heavy (non-hydrogen) atoms. The minimum atomic E-state index is -3.30. The van der Waals surface area contributed by atoms with Crippen LogP contribution in [0, 0.1) is 10.1 Å². The van der Waals surface area contributed by atoms with Gasteiger partial charge in [0.15, 0.2) is 9.84 Å². The van der Waals surface area contributed by atoms with Gasteiger partial charge >= 0.3 is 0 Å². The Morgan fingerprint density at radius 2 is 1.70 bits per heavy atom. The van der Waals surface area contributed by atoms with Crippen LogP contribution >= 0.6 is 0 Å². The Morgan fingerprint density at radius 3 is 2.25 bits per heavy atom. The second-order valence-corrected chi connectivity index (χ2v) is 6.12. The standard InChI is InChI=1S/C13H11NO5S/c1-20(17,18)13-4-2-3-12(9-13)19-11-7-5-10(6-8-11)14(15)16/h2-9H,1H3. The van der Waals surface area contributed by atoms with Gasteiger partial charge in [0.05, 0.1) is 9.82 Å². The van der Waals surface area contributed by atoms with Crippen molar-refractivity contribution in [1.29, 1.82) is 0 Å². The van der Waals surface area contributed by atoms with Gasteiger partial charge in [-0.1, -0.05) is 6.07 Å². The number of sulfone groups is 1. The van der Waals surface area contributed by atoms with Crippen LogP contribution in [0.5, 0.6) is 11.5 Å². The van der Waals surface area contributed by atoms with Gasteiger partial charge in [0.25, 0.3) is 5.69 Å². The van der Waals surface area contributed by atoms with Gasteiger partial charge in [0.2, 0.25) is 0 Å². The van der Waals surface area contributed by atoms with Gasteiger partial charge in [0.1, 0.15) is 11.5 Å². The smallest absolute Gasteiger partial charge is 0.269 e. The first kappa shape index (κ1) is 14.0. The third-order valence-corrected chi connectivity index (χ3v) is 3.63. The number of nitrogens with zero attached hydrogens (tertiary/aromatic N) is 1. The predicted molar refractivity (Wildman–Crippen MR) is 72.7 cm³/mol. The fourth-order valence-corrected chi connectivity index (χ4v) is 2.20. The van der Waals surface area contributed by atoms with Crippen molar-refractivity contribution in [3.63, 3.8) is 0 Å². The minimum absolute atomic E-state index is 0.0396. The number of hydrogen-bond acceptors (Lipinski definition) is 5. The lowest BCUT2D eigenvalue weighted by Gasteiger charge is -2.06. The molecular weight excluding hydrogens is 282 g/mol. The largest absolute Gasteiger partial charge is 0.457 e. The van der Waals surface area contributed by atoms with E-state index in [1.165, 1.54) is 36.4 Å². The first-order chi connectivity index (χ1) is 9.36. The van der Waals surface area contributed by atoms with Crippen molar-refractivity contribution in [3.8, 4) is 11.5 Å². The van der Waals surface area contributed by atoms with Crippen LogP contribution in [0.4, 0.5) is 5.69 Å². The van der Waals surface area contributed by atoms with Gasteiger partial charge < -0.3 is 4.74 Å². The molecule has 2 aromatic rings. The summed E-state index contributed by atoms with van der Waals surface area (Å²) in [6.07, 6.45) is 1.11. The SMILES string of the molecule is CS(=O)(=O)c1cccc(Oc2ccc([N+](=O)[O-])cc2)c1. The second kappa shape index (κ2) is 5.30. The second-order valence-electron chi connectivity index (χ2n) is 4.10. The van der Waals surface area contributed by atoms with Crippen LogP contribution in [-0.4, -0.2) is 19.6 Å². The number of nitro benzene ring substituents is 1. The van der Waals surface area contributed by atoms with E-state index in [-0.39, 0.29) is 10.6 Å². The molecule has 0 heterocycles. The van der Waals surface area contributed by atoms with E-state index in [1.807, 2.05) is 0 Å². The molecule has 0 aliphatic heterocycles. The molecule has 0 unspecified atom stereocenters. The van der Waals surface area contributed by atoms with Gasteiger partial charge in [-0.05, 0) is 30.3 Å². The van der Waals surface area contributed by atoms with E-state index in [1.54, 1.807) is 12.1 Å². The third-order valence-electron chi connectivity index (χ3n) is 2.52. The van der Waals surface area contributed by atoms with E-state index in [4.69, 9.17) is 4.74 Å². The number of rotatable bonds is 4. The van der Waals surface area contributed by atoms with Crippen molar-refractivity contribution >= 4 is 15.5 Å². The molecule has 0 atom stereocenters. The molecule has 0 fully saturated rings. The zero-order valence-corrected chi connectivity index (χ0v) is 11.3. The zero-order chi connectivity index (χ0) is 14.8. The maximum Gasteiger partial charge on any atom is 0.269 e. The van der Waals surface area contributed by atoms with E-state index in [2.05, 4.69) is 0 Å². The molecule has 0 aliphatic rings. The minimum Gasteiger partial charge on any atom is -0.457 e. The lowest BCUT2D eigenvalue weighted by atomic mass is 10.3. The van der Waals surface area contributed by atoms with Crippen molar-refractivity contribution in [2.24, 2.45) is 0 Å². The highest BCUT2D eigenvalue weighted by atomic mass is 32.2. The van der Waals surface area contributed by atoms with Crippen LogP contribution in [0.15, 0.2) is 53.4 Å². The summed E-state index contributed by atoms with van der Waals surface area (Å²) >= 11 is 0. The summed E-state index contributed by atoms with van der Waals surface area (Å²) in [6.45, 7) is 0. The molecule has 0 aromatic heterocycles. The maximum absolute atomic E-state index is 11.4. The molecule has 0 bridgehead atoms. The quantitative estimate of drug-likeness (QED) is 0.639. The Bertz CT molecular complexity index is 738. The number of benzene rings is 2. The summed E-state index contributed by atoms with van der Waals surface area (Å²) in [7, 11) is -3.30. The van der Waals surface area contributed by atoms with Gasteiger partial charge in [0, 0.05) is 18.4 Å². The monoisotopic (exact) mass is 293 g/mol. The Hall–Kier alpha value is -2.41. The topological polar surface area (TPSA) is 86.5 Å². The molecule has 0 amide bonds. The summed E-state index contributed by atoms with van der Waals surface area (Å²) in [5, 5.41) is 10.5. The van der Waals surface area contributed by atoms with E-state index in [0.717, 1.165) is 6.26 Å². The number of hydrogen-bond donors (Lipinski definition) is 0. The molecule has 2 rings (SSSR count). The zero-order valence-electron chi connectivity index (χ0n) is 10.5. The van der Waals surface area contributed by atoms with Gasteiger partial charge in [-0.25, -0.2) is 8.42 Å². The Labute approximate surface area is 115 Å². The molecule has 0 aliphatic carbocycles. The molecule has 7 heteroatoms. The molecule has 6 nitrogen and oxygen atoms in total. The normalized spacial score (nSPS) is 11.1. The van der Waals surface area contributed by atoms with Gasteiger partial charge in [-0.2, -0.15) is 0 Å². The molecule has 2 aromatic carbocycles. The fourth-order valence-electron chi connectivity index (χ4n) is 1.54. The van der Waals surface area contributed by atoms with Crippen LogP contribution in [-0.2, 0) is 9.84 Å². The number of ether oxygens (including phenoxy) is 1. The van der Waals surface area contributed by atoms with Crippen molar-refractivity contribution in [2.75, 3.05) is 6.26 Å². The van der Waals surface area contributed by atoms with Crippen LogP contribution in [0.1, 0.15) is 0 Å². The molecular formula is C13H11NO5S. The average Bonchev–Trinajstić information content (AvgIpc) is 2.38. The van der Waals surface area contributed by atoms with Crippen molar-refractivity contribution in [3.05, 3.63) is 58.6 Å². The highest BCUT2D eigenvalue weighted by molar-refractivity contribution is 7.90. The first-order valence-corrected chi connectivity index (χ1v) is 7.48. The van der Waals surface area contributed by atoms with E-state index < -0.39 is 14.8 Å². The van der Waals surface area contributed by atoms with Gasteiger partial charge in [-0.15, -0.1) is 0 Å². The van der Waals surface area contributed by atoms with Crippen LogP contribution in [0.25, 0.3) is 0 Å². The number of nitro groups is 1. The first-order valence-electron chi connectivity index (χ1n) is 5.59. The van der Waals surface area contributed by atoms with E-state index >= 15 is 0 Å². The van der Waals surface area contributed by atoms with Crippen molar-refractivity contribution in [2.45, 2.75) is 4.90 Å². The lowest BCUT2D eigenvalue weighted by Crippen LogP contribution is -1.97. The average molecular weight is 293 g/mol. The predicted octanol–water partition coefficient (Wildman–Crippen LogP) is 2.79. The van der Waals surface area contributed by atoms with E-state index in [0.29, 0.717) is 11.5 Å². The fraction of sp³-hybridized carbons (Fsp3) is 0.0769. The van der Waals surface area contributed by atoms with E-state index in [9.17, 15) is 18.5 Å². The van der Waals surface area contributed by atoms with Crippen LogP contribution in [0.3, 0.4) is 0 Å². The maximum atomic E-state index is 11.4. The molecule has 0 spiro atoms. The van der Waals surface area contributed by atoms with Gasteiger partial charge in [-0.3, -0.25) is 10.1 Å². The Morgan fingerprint density at radius 1 is 1.05 bits per heavy atom. The highest BCUT2D eigenvalue weighted by Gasteiger charge is 2.09. The highest BCUT2D eigenvalue weighted by Crippen LogP contribution is 2.25. The van der Waals surface area contributed by atoms with Crippen LogP contribution in [0.2, 0.25) is 0 Å². The Kier molecular flexibility index (Phi) is 3.71. The summed E-state index contributed by atoms with van der Waals surface area (Å²) < 4.78 is 28.3. The Balaban J connectivity index is 2.24. The third kappa shape index (κ3) is 3.33. The van der Waals surface area contributed by atoms with Crippen molar-refractivity contribution in [1.82, 2.24) is 0 Å². The van der Waals surface area contributed by atoms with Crippen LogP contribution < -0.4 is 4.74 Å². The summed E-state index contributed by atoms with van der Waals surface area (Å²) in [6, 6.07) is 11.6. The van der Waals surface area contributed by atoms with Crippen molar-refractivity contribution < 1.29 is 18.1 Å². The lowest BCUT2D eigenvalue weighted by molar-refractivity contribution is -0.384. The molecule has 0 N–H and O–H groups in total. The molecule has 0 saturated heterocycles. The summed E-state index contributed by atoms with van der Waals surface area (Å²) in [5.41, 5.74) is -0.0396. The molecule has 104 valence electrons. The summed E-state index contributed by atoms with van der Waals surface area (Å²) in [4.78, 5) is 10.2. The molecule has 0 radical (unpaired) electrons. The summed E-state index contributed by atoms with van der Waals surface area (Å²) in [5.74, 6) is 0.739. The number of non-ortho nitro benzene ring substituents is 1. The molecule has 0 saturated carbocycles.